The average molecular weight is 371 g/mol. The van der Waals surface area contributed by atoms with Gasteiger partial charge >= 0.3 is 6.09 Å². The molecule has 0 radical (unpaired) electrons. The Bertz CT molecular complexity index is 1000. The number of fused-ring (bicyclic) bond motifs is 4. The molecule has 4 heteroatoms. The van der Waals surface area contributed by atoms with Crippen molar-refractivity contribution in [1.82, 2.24) is 5.32 Å². The van der Waals surface area contributed by atoms with Crippen LogP contribution < -0.4 is 5.32 Å². The first-order chi connectivity index (χ1) is 13.7. The molecule has 140 valence electrons. The average Bonchev–Trinajstić information content (AvgIpc) is 3.22. The lowest BCUT2D eigenvalue weighted by Gasteiger charge is -2.19. The summed E-state index contributed by atoms with van der Waals surface area (Å²) in [5.74, 6) is 0.0313. The van der Waals surface area contributed by atoms with Crippen LogP contribution >= 0.6 is 0 Å². The van der Waals surface area contributed by atoms with Crippen LogP contribution in [0.25, 0.3) is 11.1 Å². The van der Waals surface area contributed by atoms with Gasteiger partial charge in [0.05, 0.1) is 12.1 Å². The predicted molar refractivity (Wildman–Crippen MR) is 107 cm³/mol. The number of carbonyl (C=O) groups excluding carboxylic acids is 1. The fourth-order valence-electron chi connectivity index (χ4n) is 4.50. The van der Waals surface area contributed by atoms with Crippen LogP contribution in [0.1, 0.15) is 34.3 Å². The Morgan fingerprint density at radius 2 is 1.46 bits per heavy atom. The SMILES string of the molecule is O=C(N[C@@H]1Cc2ccccc2[C@@H]1O)OCC1c2ccccc2-c2ccccc21. The molecule has 1 amide bonds. The van der Waals surface area contributed by atoms with E-state index in [4.69, 9.17) is 4.74 Å². The number of aliphatic hydroxyl groups is 1. The monoisotopic (exact) mass is 371 g/mol. The Labute approximate surface area is 163 Å². The van der Waals surface area contributed by atoms with Crippen molar-refractivity contribution >= 4 is 6.09 Å². The highest BCUT2D eigenvalue weighted by molar-refractivity contribution is 5.79. The Kier molecular flexibility index (Phi) is 4.14. The summed E-state index contributed by atoms with van der Waals surface area (Å²) >= 11 is 0. The molecule has 5 rings (SSSR count). The summed E-state index contributed by atoms with van der Waals surface area (Å²) in [7, 11) is 0. The van der Waals surface area contributed by atoms with E-state index in [1.165, 1.54) is 22.3 Å². The second-order valence-corrected chi connectivity index (χ2v) is 7.42. The molecule has 3 aromatic carbocycles. The molecule has 0 aliphatic heterocycles. The molecule has 0 spiro atoms. The second-order valence-electron chi connectivity index (χ2n) is 7.42. The Morgan fingerprint density at radius 3 is 2.11 bits per heavy atom. The summed E-state index contributed by atoms with van der Waals surface area (Å²) in [5, 5.41) is 13.3. The van der Waals surface area contributed by atoms with Crippen LogP contribution in [0.3, 0.4) is 0 Å². The highest BCUT2D eigenvalue weighted by Gasteiger charge is 2.33. The van der Waals surface area contributed by atoms with E-state index >= 15 is 0 Å². The van der Waals surface area contributed by atoms with E-state index < -0.39 is 12.2 Å². The molecule has 2 aliphatic rings. The molecule has 3 aromatic rings. The maximum atomic E-state index is 12.4. The van der Waals surface area contributed by atoms with Crippen LogP contribution in [-0.4, -0.2) is 23.8 Å². The van der Waals surface area contributed by atoms with Gasteiger partial charge in [-0.3, -0.25) is 0 Å². The Morgan fingerprint density at radius 1 is 0.893 bits per heavy atom. The molecule has 0 aromatic heterocycles. The fourth-order valence-corrected chi connectivity index (χ4v) is 4.50. The van der Waals surface area contributed by atoms with Gasteiger partial charge in [-0.1, -0.05) is 72.8 Å². The van der Waals surface area contributed by atoms with Gasteiger partial charge < -0.3 is 15.2 Å². The van der Waals surface area contributed by atoms with E-state index in [1.807, 2.05) is 48.5 Å². The molecule has 0 saturated heterocycles. The third-order valence-corrected chi connectivity index (χ3v) is 5.84. The molecule has 2 atom stereocenters. The summed E-state index contributed by atoms with van der Waals surface area (Å²) < 4.78 is 5.59. The maximum Gasteiger partial charge on any atom is 0.407 e. The van der Waals surface area contributed by atoms with Crippen molar-refractivity contribution in [3.63, 3.8) is 0 Å². The zero-order valence-electron chi connectivity index (χ0n) is 15.3. The highest BCUT2D eigenvalue weighted by Crippen LogP contribution is 2.44. The number of aliphatic hydroxyl groups excluding tert-OH is 1. The zero-order chi connectivity index (χ0) is 19.1. The third-order valence-electron chi connectivity index (χ3n) is 5.84. The molecular weight excluding hydrogens is 350 g/mol. The van der Waals surface area contributed by atoms with Crippen molar-refractivity contribution in [2.45, 2.75) is 24.5 Å². The van der Waals surface area contributed by atoms with Crippen molar-refractivity contribution in [2.24, 2.45) is 0 Å². The predicted octanol–water partition coefficient (Wildman–Crippen LogP) is 4.18. The van der Waals surface area contributed by atoms with E-state index in [0.29, 0.717) is 6.42 Å². The number of ether oxygens (including phenoxy) is 1. The molecule has 0 unspecified atom stereocenters. The van der Waals surface area contributed by atoms with Gasteiger partial charge in [0.2, 0.25) is 0 Å². The van der Waals surface area contributed by atoms with E-state index in [1.54, 1.807) is 0 Å². The first-order valence-corrected chi connectivity index (χ1v) is 9.60. The third kappa shape index (κ3) is 2.77. The largest absolute Gasteiger partial charge is 0.449 e. The first-order valence-electron chi connectivity index (χ1n) is 9.60. The van der Waals surface area contributed by atoms with Gasteiger partial charge in [0.25, 0.3) is 0 Å². The summed E-state index contributed by atoms with van der Waals surface area (Å²) in [6, 6.07) is 23.9. The number of carbonyl (C=O) groups is 1. The molecule has 0 heterocycles. The number of hydrogen-bond donors (Lipinski definition) is 2. The second kappa shape index (κ2) is 6.80. The van der Waals surface area contributed by atoms with E-state index in [-0.39, 0.29) is 18.6 Å². The smallest absolute Gasteiger partial charge is 0.407 e. The molecule has 2 N–H and O–H groups in total. The molecule has 28 heavy (non-hydrogen) atoms. The minimum Gasteiger partial charge on any atom is -0.449 e. The molecule has 0 bridgehead atoms. The summed E-state index contributed by atoms with van der Waals surface area (Å²) in [6.07, 6.45) is -0.572. The van der Waals surface area contributed by atoms with Crippen LogP contribution in [0.2, 0.25) is 0 Å². The van der Waals surface area contributed by atoms with E-state index in [9.17, 15) is 9.90 Å². The maximum absolute atomic E-state index is 12.4. The molecular formula is C24H21NO3. The zero-order valence-corrected chi connectivity index (χ0v) is 15.3. The molecule has 0 saturated carbocycles. The molecule has 0 fully saturated rings. The standard InChI is InChI=1S/C24H21NO3/c26-23-16-8-2-1-7-15(16)13-22(23)25-24(27)28-14-21-19-11-5-3-9-17(19)18-10-4-6-12-20(18)21/h1-12,21-23,26H,13-14H2,(H,25,27)/t22-,23+/m1/s1. The highest BCUT2D eigenvalue weighted by atomic mass is 16.5. The van der Waals surface area contributed by atoms with Crippen molar-refractivity contribution in [1.29, 1.82) is 0 Å². The first kappa shape index (κ1) is 17.0. The quantitative estimate of drug-likeness (QED) is 0.726. The van der Waals surface area contributed by atoms with Crippen LogP contribution in [0.15, 0.2) is 72.8 Å². The van der Waals surface area contributed by atoms with Gasteiger partial charge in [0.15, 0.2) is 0 Å². The van der Waals surface area contributed by atoms with Gasteiger partial charge in [-0.15, -0.1) is 0 Å². The number of nitrogens with one attached hydrogen (secondary N) is 1. The lowest BCUT2D eigenvalue weighted by molar-refractivity contribution is 0.111. The Balaban J connectivity index is 1.28. The van der Waals surface area contributed by atoms with Crippen molar-refractivity contribution in [3.05, 3.63) is 95.1 Å². The fraction of sp³-hybridized carbons (Fsp3) is 0.208. The molecule has 4 nitrogen and oxygen atoms in total. The van der Waals surface area contributed by atoms with Crippen LogP contribution in [0.4, 0.5) is 4.79 Å². The van der Waals surface area contributed by atoms with Crippen molar-refractivity contribution < 1.29 is 14.6 Å². The summed E-state index contributed by atoms with van der Waals surface area (Å²) in [6.45, 7) is 0.273. The number of amides is 1. The number of rotatable bonds is 3. The van der Waals surface area contributed by atoms with Crippen molar-refractivity contribution in [2.75, 3.05) is 6.61 Å². The van der Waals surface area contributed by atoms with Gasteiger partial charge in [-0.05, 0) is 39.8 Å². The number of alkyl carbamates (subject to hydrolysis) is 1. The topological polar surface area (TPSA) is 58.6 Å². The van der Waals surface area contributed by atoms with Gasteiger partial charge in [0, 0.05) is 5.92 Å². The number of benzene rings is 3. The lowest BCUT2D eigenvalue weighted by Crippen LogP contribution is -2.38. The normalized spacial score (nSPS) is 19.6. The minimum absolute atomic E-state index is 0.0313. The van der Waals surface area contributed by atoms with E-state index in [0.717, 1.165) is 11.1 Å². The van der Waals surface area contributed by atoms with Gasteiger partial charge in [-0.25, -0.2) is 4.79 Å². The van der Waals surface area contributed by atoms with Crippen LogP contribution in [0.5, 0.6) is 0 Å². The van der Waals surface area contributed by atoms with Crippen LogP contribution in [0, 0.1) is 0 Å². The van der Waals surface area contributed by atoms with E-state index in [2.05, 4.69) is 29.6 Å². The van der Waals surface area contributed by atoms with Gasteiger partial charge in [-0.2, -0.15) is 0 Å². The summed E-state index contributed by atoms with van der Waals surface area (Å²) in [5.41, 5.74) is 6.72. The van der Waals surface area contributed by atoms with Crippen molar-refractivity contribution in [3.8, 4) is 11.1 Å². The lowest BCUT2D eigenvalue weighted by atomic mass is 9.98. The molecule has 2 aliphatic carbocycles. The number of hydrogen-bond acceptors (Lipinski definition) is 3. The summed E-state index contributed by atoms with van der Waals surface area (Å²) in [4.78, 5) is 12.4. The Hall–Kier alpha value is -3.11. The minimum atomic E-state index is -0.698. The van der Waals surface area contributed by atoms with Crippen LogP contribution in [-0.2, 0) is 11.2 Å². The van der Waals surface area contributed by atoms with Gasteiger partial charge in [0.1, 0.15) is 6.61 Å².